The predicted octanol–water partition coefficient (Wildman–Crippen LogP) is 1.88. The van der Waals surface area contributed by atoms with E-state index in [1.165, 1.54) is 5.56 Å². The summed E-state index contributed by atoms with van der Waals surface area (Å²) in [5.74, 6) is 0.384. The van der Waals surface area contributed by atoms with E-state index in [9.17, 15) is 9.59 Å². The van der Waals surface area contributed by atoms with Gasteiger partial charge in [0, 0.05) is 44.7 Å². The van der Waals surface area contributed by atoms with E-state index in [2.05, 4.69) is 17.3 Å². The monoisotopic (exact) mass is 346 g/mol. The van der Waals surface area contributed by atoms with Crippen molar-refractivity contribution in [2.75, 3.05) is 13.1 Å². The Labute approximate surface area is 149 Å². The molecular weight excluding hydrogens is 316 g/mol. The number of likely N-dealkylation sites (tertiary alicyclic amines) is 1. The molecule has 1 saturated carbocycles. The maximum atomic E-state index is 12.3. The minimum Gasteiger partial charge on any atom is -0.353 e. The van der Waals surface area contributed by atoms with Crippen LogP contribution in [0.3, 0.4) is 0 Å². The highest BCUT2D eigenvalue weighted by Crippen LogP contribution is 2.53. The van der Waals surface area contributed by atoms with Gasteiger partial charge in [-0.25, -0.2) is 0 Å². The van der Waals surface area contributed by atoms with Crippen LogP contribution in [-0.2, 0) is 23.1 Å². The van der Waals surface area contributed by atoms with E-state index in [4.69, 9.17) is 0 Å². The lowest BCUT2D eigenvalue weighted by molar-refractivity contribution is -0.132. The highest BCUT2D eigenvalue weighted by atomic mass is 16.2. The molecule has 2 aliphatic rings. The van der Waals surface area contributed by atoms with Crippen LogP contribution in [0.1, 0.15) is 56.0 Å². The number of nitrogens with one attached hydrogen (secondary N) is 1. The van der Waals surface area contributed by atoms with Gasteiger partial charge in [0.05, 0.1) is 5.69 Å². The van der Waals surface area contributed by atoms with Crippen molar-refractivity contribution >= 4 is 11.8 Å². The summed E-state index contributed by atoms with van der Waals surface area (Å²) in [6, 6.07) is 0.301. The predicted molar refractivity (Wildman–Crippen MR) is 96.1 cm³/mol. The molecule has 0 aromatic carbocycles. The molecule has 0 bridgehead atoms. The van der Waals surface area contributed by atoms with E-state index < -0.39 is 0 Å². The molecule has 138 valence electrons. The van der Waals surface area contributed by atoms with E-state index in [0.29, 0.717) is 18.9 Å². The van der Waals surface area contributed by atoms with Gasteiger partial charge in [-0.3, -0.25) is 14.3 Å². The van der Waals surface area contributed by atoms with E-state index >= 15 is 0 Å². The van der Waals surface area contributed by atoms with Gasteiger partial charge < -0.3 is 10.2 Å². The quantitative estimate of drug-likeness (QED) is 0.885. The Morgan fingerprint density at radius 1 is 1.28 bits per heavy atom. The number of carbonyl (C=O) groups is 2. The van der Waals surface area contributed by atoms with Gasteiger partial charge in [0.25, 0.3) is 0 Å². The second-order valence-corrected chi connectivity index (χ2v) is 7.69. The third-order valence-electron chi connectivity index (χ3n) is 6.20. The van der Waals surface area contributed by atoms with Crippen molar-refractivity contribution in [2.24, 2.45) is 12.5 Å². The van der Waals surface area contributed by atoms with Crippen LogP contribution in [0.25, 0.3) is 0 Å². The van der Waals surface area contributed by atoms with Crippen LogP contribution in [0.4, 0.5) is 0 Å². The molecule has 1 saturated heterocycles. The summed E-state index contributed by atoms with van der Waals surface area (Å²) < 4.78 is 1.88. The Hall–Kier alpha value is -1.85. The number of hydrogen-bond donors (Lipinski definition) is 1. The zero-order chi connectivity index (χ0) is 18.2. The molecule has 6 nitrogen and oxygen atoms in total. The Bertz CT molecular complexity index is 671. The second kappa shape index (κ2) is 6.81. The normalized spacial score (nSPS) is 21.4. The molecule has 2 amide bonds. The fourth-order valence-corrected chi connectivity index (χ4v) is 4.21. The van der Waals surface area contributed by atoms with Crippen molar-refractivity contribution in [3.05, 3.63) is 17.0 Å². The first kappa shape index (κ1) is 18.0. The fourth-order valence-electron chi connectivity index (χ4n) is 4.21. The average Bonchev–Trinajstić information content (AvgIpc) is 3.17. The highest BCUT2D eigenvalue weighted by molar-refractivity contribution is 5.77. The number of rotatable bonds is 5. The number of piperidine rings is 1. The smallest absolute Gasteiger partial charge is 0.222 e. The van der Waals surface area contributed by atoms with Gasteiger partial charge >= 0.3 is 0 Å². The maximum absolute atomic E-state index is 12.3. The zero-order valence-electron chi connectivity index (χ0n) is 15.9. The molecule has 1 spiro atoms. The minimum atomic E-state index is 0.136. The Morgan fingerprint density at radius 2 is 1.96 bits per heavy atom. The first-order valence-electron chi connectivity index (χ1n) is 9.42. The second-order valence-electron chi connectivity index (χ2n) is 7.69. The third-order valence-corrected chi connectivity index (χ3v) is 6.20. The Kier molecular flexibility index (Phi) is 4.89. The van der Waals surface area contributed by atoms with Crippen molar-refractivity contribution in [3.63, 3.8) is 0 Å². The molecule has 1 atom stereocenters. The fraction of sp³-hybridized carbons (Fsp3) is 0.737. The number of nitrogens with zero attached hydrogens (tertiary/aromatic N) is 3. The van der Waals surface area contributed by atoms with Crippen LogP contribution in [0.15, 0.2) is 0 Å². The molecule has 1 aliphatic carbocycles. The first-order chi connectivity index (χ1) is 11.9. The third kappa shape index (κ3) is 3.58. The molecular formula is C19H30N4O2. The van der Waals surface area contributed by atoms with Gasteiger partial charge in [-0.1, -0.05) is 6.92 Å². The van der Waals surface area contributed by atoms with Crippen molar-refractivity contribution < 1.29 is 9.59 Å². The maximum Gasteiger partial charge on any atom is 0.222 e. The molecule has 0 radical (unpaired) electrons. The largest absolute Gasteiger partial charge is 0.353 e. The van der Waals surface area contributed by atoms with Crippen LogP contribution in [0.2, 0.25) is 0 Å². The summed E-state index contributed by atoms with van der Waals surface area (Å²) in [6.45, 7) is 7.65. The standard InChI is InChI=1S/C19H30N4O2/c1-5-18(25)23-10-8-19(9-11-23)12-16(19)20-17(24)7-6-15-13(2)21-22(4)14(15)3/h16H,5-12H2,1-4H3,(H,20,24). The van der Waals surface area contributed by atoms with E-state index in [0.717, 1.165) is 50.2 Å². The topological polar surface area (TPSA) is 67.2 Å². The lowest BCUT2D eigenvalue weighted by Crippen LogP contribution is -2.41. The summed E-state index contributed by atoms with van der Waals surface area (Å²) >= 11 is 0. The molecule has 1 N–H and O–H groups in total. The van der Waals surface area contributed by atoms with Gasteiger partial charge in [0.1, 0.15) is 0 Å². The molecule has 1 unspecified atom stereocenters. The van der Waals surface area contributed by atoms with Gasteiger partial charge in [0.2, 0.25) is 11.8 Å². The van der Waals surface area contributed by atoms with Crippen LogP contribution >= 0.6 is 0 Å². The average molecular weight is 346 g/mol. The molecule has 25 heavy (non-hydrogen) atoms. The number of aryl methyl sites for hydroxylation is 2. The zero-order valence-corrected chi connectivity index (χ0v) is 15.9. The number of carbonyl (C=O) groups excluding carboxylic acids is 2. The number of hydrogen-bond acceptors (Lipinski definition) is 3. The van der Waals surface area contributed by atoms with Gasteiger partial charge in [-0.05, 0) is 50.5 Å². The summed E-state index contributed by atoms with van der Waals surface area (Å²) in [6.07, 6.45) is 4.95. The molecule has 1 aromatic heterocycles. The van der Waals surface area contributed by atoms with Crippen LogP contribution < -0.4 is 5.32 Å². The van der Waals surface area contributed by atoms with E-state index in [1.807, 2.05) is 30.5 Å². The lowest BCUT2D eigenvalue weighted by atomic mass is 9.92. The summed E-state index contributed by atoms with van der Waals surface area (Å²) in [7, 11) is 1.94. The number of aromatic nitrogens is 2. The minimum absolute atomic E-state index is 0.136. The van der Waals surface area contributed by atoms with Gasteiger partial charge in [0.15, 0.2) is 0 Å². The van der Waals surface area contributed by atoms with Crippen LogP contribution in [-0.4, -0.2) is 45.6 Å². The molecule has 3 rings (SSSR count). The highest BCUT2D eigenvalue weighted by Gasteiger charge is 2.55. The molecule has 2 heterocycles. The van der Waals surface area contributed by atoms with Crippen molar-refractivity contribution in [1.82, 2.24) is 20.0 Å². The lowest BCUT2D eigenvalue weighted by Gasteiger charge is -2.32. The van der Waals surface area contributed by atoms with E-state index in [-0.39, 0.29) is 17.2 Å². The Morgan fingerprint density at radius 3 is 2.52 bits per heavy atom. The molecule has 2 fully saturated rings. The van der Waals surface area contributed by atoms with Crippen molar-refractivity contribution in [3.8, 4) is 0 Å². The molecule has 1 aromatic rings. The van der Waals surface area contributed by atoms with Crippen molar-refractivity contribution in [1.29, 1.82) is 0 Å². The first-order valence-corrected chi connectivity index (χ1v) is 9.42. The Balaban J connectivity index is 1.45. The van der Waals surface area contributed by atoms with Gasteiger partial charge in [-0.2, -0.15) is 5.10 Å². The summed E-state index contributed by atoms with van der Waals surface area (Å²) in [5, 5.41) is 7.63. The molecule has 1 aliphatic heterocycles. The molecule has 6 heteroatoms. The SMILES string of the molecule is CCC(=O)N1CCC2(CC1)CC2NC(=O)CCc1c(C)nn(C)c1C. The van der Waals surface area contributed by atoms with E-state index in [1.54, 1.807) is 0 Å². The van der Waals surface area contributed by atoms with Crippen LogP contribution in [0, 0.1) is 19.3 Å². The van der Waals surface area contributed by atoms with Gasteiger partial charge in [-0.15, -0.1) is 0 Å². The number of amides is 2. The summed E-state index contributed by atoms with van der Waals surface area (Å²) in [4.78, 5) is 26.1. The van der Waals surface area contributed by atoms with Crippen LogP contribution in [0.5, 0.6) is 0 Å². The van der Waals surface area contributed by atoms with Crippen molar-refractivity contribution in [2.45, 2.75) is 65.3 Å². The summed E-state index contributed by atoms with van der Waals surface area (Å²) in [5.41, 5.74) is 3.60.